The molecule has 1 fully saturated rings. The van der Waals surface area contributed by atoms with Crippen LogP contribution in [0.3, 0.4) is 0 Å². The summed E-state index contributed by atoms with van der Waals surface area (Å²) in [6, 6.07) is -0.804. The van der Waals surface area contributed by atoms with Gasteiger partial charge in [-0.2, -0.15) is 0 Å². The number of rotatable bonds is 67. The first kappa shape index (κ1) is 81.4. The second-order valence-corrected chi connectivity index (χ2v) is 26.4. The Morgan fingerprint density at radius 1 is 0.424 bits per heavy atom. The third-order valence-corrected chi connectivity index (χ3v) is 18.2. The predicted octanol–water partition coefficient (Wildman–Crippen LogP) is 19.4. The quantitative estimate of drug-likeness (QED) is 0.0195. The van der Waals surface area contributed by atoms with Gasteiger partial charge in [-0.05, 0) is 32.1 Å². The molecule has 504 valence electrons. The van der Waals surface area contributed by atoms with Gasteiger partial charge in [-0.15, -0.1) is 0 Å². The van der Waals surface area contributed by atoms with Crippen LogP contribution in [0.1, 0.15) is 386 Å². The number of carbonyl (C=O) groups is 2. The summed E-state index contributed by atoms with van der Waals surface area (Å²) in [5.41, 5.74) is 0. The predicted molar refractivity (Wildman–Crippen MR) is 357 cm³/mol. The summed E-state index contributed by atoms with van der Waals surface area (Å²) >= 11 is 0. The third kappa shape index (κ3) is 52.8. The van der Waals surface area contributed by atoms with E-state index < -0.39 is 49.5 Å². The van der Waals surface area contributed by atoms with Crippen molar-refractivity contribution in [3.05, 3.63) is 12.2 Å². The minimum absolute atomic E-state index is 0.0180. The van der Waals surface area contributed by atoms with E-state index in [9.17, 15) is 35.1 Å². The highest BCUT2D eigenvalue weighted by Gasteiger charge is 2.44. The first-order valence-electron chi connectivity index (χ1n) is 37.5. The highest BCUT2D eigenvalue weighted by molar-refractivity contribution is 5.76. The summed E-state index contributed by atoms with van der Waals surface area (Å²) in [4.78, 5) is 25.1. The van der Waals surface area contributed by atoms with Crippen LogP contribution in [0, 0.1) is 0 Å². The van der Waals surface area contributed by atoms with Gasteiger partial charge in [0.25, 0.3) is 0 Å². The standard InChI is InChI=1S/C74H143NO10/c1-3-5-7-9-11-13-14-15-16-36-39-42-46-50-54-58-62-70(79)83-63-59-55-51-47-43-40-37-34-32-30-28-26-24-22-20-18-17-19-21-23-25-27-29-31-33-35-38-41-45-49-53-57-61-69(78)75-66(67(77)60-56-52-48-44-12-10-8-6-4-2)65-84-74-73(82)72(81)71(80)68(64-76)85-74/h56,60,66-68,71-74,76-77,80-82H,3-55,57-59,61-65H2,1-2H3,(H,75,78)/b60-56+. The van der Waals surface area contributed by atoms with Crippen molar-refractivity contribution in [1.29, 1.82) is 0 Å². The summed E-state index contributed by atoms with van der Waals surface area (Å²) < 4.78 is 16.7. The molecule has 6 N–H and O–H groups in total. The number of nitrogens with one attached hydrogen (secondary N) is 1. The smallest absolute Gasteiger partial charge is 0.305 e. The van der Waals surface area contributed by atoms with Gasteiger partial charge in [0.1, 0.15) is 24.4 Å². The SMILES string of the molecule is CCCCCCCCC/C=C/C(O)C(COC1OC(CO)C(O)C(O)C1O)NC(=O)CCCCCCCCCCCCCCCCCCCCCCCCCCCCCCCCCCOC(=O)CCCCCCCCCCCCCCCCCC. The van der Waals surface area contributed by atoms with Crippen molar-refractivity contribution in [3.63, 3.8) is 0 Å². The van der Waals surface area contributed by atoms with E-state index in [0.29, 0.717) is 19.4 Å². The number of aliphatic hydroxyl groups excluding tert-OH is 5. The molecule has 0 bridgehead atoms. The van der Waals surface area contributed by atoms with Crippen LogP contribution in [0.15, 0.2) is 12.2 Å². The van der Waals surface area contributed by atoms with Crippen LogP contribution in [0.25, 0.3) is 0 Å². The molecule has 0 aliphatic carbocycles. The van der Waals surface area contributed by atoms with E-state index in [2.05, 4.69) is 19.2 Å². The molecule has 1 amide bonds. The number of esters is 1. The molecule has 0 aromatic heterocycles. The van der Waals surface area contributed by atoms with Crippen LogP contribution >= 0.6 is 0 Å². The number of ether oxygens (including phenoxy) is 3. The molecule has 1 saturated heterocycles. The normalized spacial score (nSPS) is 17.9. The summed E-state index contributed by atoms with van der Waals surface area (Å²) in [6.07, 6.45) is 69.6. The van der Waals surface area contributed by atoms with Crippen molar-refractivity contribution in [1.82, 2.24) is 5.32 Å². The van der Waals surface area contributed by atoms with E-state index in [4.69, 9.17) is 14.2 Å². The van der Waals surface area contributed by atoms with Gasteiger partial charge in [0.15, 0.2) is 6.29 Å². The second kappa shape index (κ2) is 63.9. The first-order chi connectivity index (χ1) is 41.7. The van der Waals surface area contributed by atoms with Gasteiger partial charge in [-0.3, -0.25) is 9.59 Å². The number of hydrogen-bond acceptors (Lipinski definition) is 10. The topological polar surface area (TPSA) is 175 Å². The molecular formula is C74H143NO10. The maximum atomic E-state index is 13.0. The van der Waals surface area contributed by atoms with E-state index in [1.165, 1.54) is 308 Å². The van der Waals surface area contributed by atoms with Gasteiger partial charge in [-0.1, -0.05) is 353 Å². The number of unbranched alkanes of at least 4 members (excludes halogenated alkanes) is 53. The van der Waals surface area contributed by atoms with Crippen LogP contribution in [0.2, 0.25) is 0 Å². The molecule has 1 rings (SSSR count). The van der Waals surface area contributed by atoms with E-state index in [0.717, 1.165) is 51.4 Å². The fourth-order valence-corrected chi connectivity index (χ4v) is 12.3. The van der Waals surface area contributed by atoms with E-state index >= 15 is 0 Å². The highest BCUT2D eigenvalue weighted by Crippen LogP contribution is 2.24. The van der Waals surface area contributed by atoms with E-state index in [1.54, 1.807) is 6.08 Å². The summed E-state index contributed by atoms with van der Waals surface area (Å²) in [7, 11) is 0. The van der Waals surface area contributed by atoms with Crippen molar-refractivity contribution in [2.45, 2.75) is 429 Å². The molecule has 1 heterocycles. The van der Waals surface area contributed by atoms with Crippen molar-refractivity contribution < 1.29 is 49.3 Å². The molecule has 7 unspecified atom stereocenters. The summed E-state index contributed by atoms with van der Waals surface area (Å²) in [5.74, 6) is -0.159. The average molecular weight is 1210 g/mol. The minimum Gasteiger partial charge on any atom is -0.466 e. The van der Waals surface area contributed by atoms with Gasteiger partial charge >= 0.3 is 5.97 Å². The molecule has 1 aliphatic rings. The van der Waals surface area contributed by atoms with Crippen molar-refractivity contribution >= 4 is 11.9 Å². The van der Waals surface area contributed by atoms with Crippen LogP contribution in [0.4, 0.5) is 0 Å². The lowest BCUT2D eigenvalue weighted by atomic mass is 9.99. The maximum Gasteiger partial charge on any atom is 0.305 e. The van der Waals surface area contributed by atoms with Crippen molar-refractivity contribution in [2.24, 2.45) is 0 Å². The molecule has 1 aliphatic heterocycles. The van der Waals surface area contributed by atoms with E-state index in [1.807, 2.05) is 6.08 Å². The van der Waals surface area contributed by atoms with E-state index in [-0.39, 0.29) is 18.5 Å². The van der Waals surface area contributed by atoms with Gasteiger partial charge < -0.3 is 45.1 Å². The zero-order valence-electron chi connectivity index (χ0n) is 56.1. The van der Waals surface area contributed by atoms with Gasteiger partial charge in [-0.25, -0.2) is 0 Å². The number of hydrogen-bond donors (Lipinski definition) is 6. The number of aliphatic hydroxyl groups is 5. The molecule has 11 heteroatoms. The Morgan fingerprint density at radius 3 is 1.09 bits per heavy atom. The van der Waals surface area contributed by atoms with Crippen LogP contribution < -0.4 is 5.32 Å². The Kier molecular flexibility index (Phi) is 61.2. The van der Waals surface area contributed by atoms with Crippen molar-refractivity contribution in [2.75, 3.05) is 19.8 Å². The molecule has 0 aromatic carbocycles. The molecule has 85 heavy (non-hydrogen) atoms. The van der Waals surface area contributed by atoms with Crippen LogP contribution in [0.5, 0.6) is 0 Å². The molecule has 7 atom stereocenters. The number of allylic oxidation sites excluding steroid dienone is 1. The molecule has 0 aromatic rings. The Morgan fingerprint density at radius 2 is 0.741 bits per heavy atom. The number of carbonyl (C=O) groups excluding carboxylic acids is 2. The van der Waals surface area contributed by atoms with Gasteiger partial charge in [0.05, 0.1) is 32.0 Å². The fourth-order valence-electron chi connectivity index (χ4n) is 12.3. The molecule has 11 nitrogen and oxygen atoms in total. The van der Waals surface area contributed by atoms with Gasteiger partial charge in [0.2, 0.25) is 5.91 Å². The van der Waals surface area contributed by atoms with Crippen molar-refractivity contribution in [3.8, 4) is 0 Å². The zero-order chi connectivity index (χ0) is 61.6. The molecular weight excluding hydrogens is 1060 g/mol. The van der Waals surface area contributed by atoms with Crippen LogP contribution in [-0.2, 0) is 23.8 Å². The molecule has 0 spiro atoms. The van der Waals surface area contributed by atoms with Crippen LogP contribution in [-0.4, -0.2) is 100 Å². The Bertz CT molecular complexity index is 1420. The Labute approximate surface area is 525 Å². The summed E-state index contributed by atoms with van der Waals surface area (Å²) in [5, 5.41) is 54.3. The third-order valence-electron chi connectivity index (χ3n) is 18.2. The summed E-state index contributed by atoms with van der Waals surface area (Å²) in [6.45, 7) is 4.37. The first-order valence-corrected chi connectivity index (χ1v) is 37.5. The lowest BCUT2D eigenvalue weighted by Crippen LogP contribution is -2.60. The highest BCUT2D eigenvalue weighted by atomic mass is 16.7. The lowest BCUT2D eigenvalue weighted by Gasteiger charge is -2.40. The monoisotopic (exact) mass is 1210 g/mol. The Balaban J connectivity index is 1.86. The Hall–Kier alpha value is -1.60. The second-order valence-electron chi connectivity index (χ2n) is 26.4. The average Bonchev–Trinajstić information content (AvgIpc) is 3.70. The lowest BCUT2D eigenvalue weighted by molar-refractivity contribution is -0.302. The van der Waals surface area contributed by atoms with Gasteiger partial charge in [0, 0.05) is 12.8 Å². The number of amides is 1. The largest absolute Gasteiger partial charge is 0.466 e. The fraction of sp³-hybridized carbons (Fsp3) is 0.946. The molecule has 0 radical (unpaired) electrons. The maximum absolute atomic E-state index is 13.0. The zero-order valence-corrected chi connectivity index (χ0v) is 56.1. The molecule has 0 saturated carbocycles. The minimum atomic E-state index is -1.57.